The van der Waals surface area contributed by atoms with Gasteiger partial charge in [0.2, 0.25) is 0 Å². The molecule has 3 rings (SSSR count). The van der Waals surface area contributed by atoms with Gasteiger partial charge in [0.1, 0.15) is 17.4 Å². The molecule has 5 nitrogen and oxygen atoms in total. The number of anilines is 2. The van der Waals surface area contributed by atoms with Gasteiger partial charge in [0.05, 0.1) is 18.4 Å². The van der Waals surface area contributed by atoms with Crippen LogP contribution < -0.4 is 15.4 Å². The van der Waals surface area contributed by atoms with E-state index in [0.29, 0.717) is 28.8 Å². The normalized spacial score (nSPS) is 10.2. The molecule has 0 aliphatic heterocycles. The number of carbonyl (C=O) groups excluding carboxylic acids is 2. The second kappa shape index (κ2) is 8.30. The van der Waals surface area contributed by atoms with Gasteiger partial charge in [-0.05, 0) is 48.5 Å². The third-order valence-electron chi connectivity index (χ3n) is 3.94. The molecule has 2 N–H and O–H groups in total. The molecule has 0 atom stereocenters. The van der Waals surface area contributed by atoms with Crippen LogP contribution >= 0.6 is 0 Å². The largest absolute Gasteiger partial charge is 0.495 e. The van der Waals surface area contributed by atoms with Crippen LogP contribution in [0.2, 0.25) is 0 Å². The van der Waals surface area contributed by atoms with Crippen molar-refractivity contribution in [3.8, 4) is 5.75 Å². The number of para-hydroxylation sites is 2. The molecular weight excluding hydrogens is 366 g/mol. The van der Waals surface area contributed by atoms with Gasteiger partial charge in [-0.2, -0.15) is 0 Å². The predicted molar refractivity (Wildman–Crippen MR) is 102 cm³/mol. The molecule has 0 aromatic heterocycles. The average molecular weight is 382 g/mol. The van der Waals surface area contributed by atoms with Crippen LogP contribution in [-0.4, -0.2) is 18.9 Å². The maximum Gasteiger partial charge on any atom is 0.258 e. The minimum Gasteiger partial charge on any atom is -0.495 e. The maximum absolute atomic E-state index is 13.7. The van der Waals surface area contributed by atoms with Crippen molar-refractivity contribution in [1.29, 1.82) is 0 Å². The van der Waals surface area contributed by atoms with Crippen molar-refractivity contribution in [1.82, 2.24) is 0 Å². The van der Waals surface area contributed by atoms with Crippen molar-refractivity contribution in [2.75, 3.05) is 17.7 Å². The molecule has 2 amide bonds. The molecule has 0 saturated heterocycles. The molecule has 0 aliphatic carbocycles. The number of benzene rings is 3. The van der Waals surface area contributed by atoms with Gasteiger partial charge in [0.25, 0.3) is 11.8 Å². The second-order valence-corrected chi connectivity index (χ2v) is 5.81. The van der Waals surface area contributed by atoms with E-state index in [1.165, 1.54) is 31.4 Å². The molecule has 3 aromatic carbocycles. The van der Waals surface area contributed by atoms with Crippen LogP contribution in [0.15, 0.2) is 66.7 Å². The SMILES string of the molecule is COc1ccccc1NC(=O)c1ccc(NC(=O)c2ccc(F)cc2F)cc1. The molecule has 28 heavy (non-hydrogen) atoms. The number of amides is 2. The Labute approximate surface area is 160 Å². The van der Waals surface area contributed by atoms with E-state index in [-0.39, 0.29) is 11.5 Å². The van der Waals surface area contributed by atoms with Gasteiger partial charge < -0.3 is 15.4 Å². The van der Waals surface area contributed by atoms with Crippen molar-refractivity contribution in [2.24, 2.45) is 0 Å². The van der Waals surface area contributed by atoms with Crippen molar-refractivity contribution >= 4 is 23.2 Å². The van der Waals surface area contributed by atoms with Crippen molar-refractivity contribution in [3.63, 3.8) is 0 Å². The lowest BCUT2D eigenvalue weighted by Gasteiger charge is -2.10. The van der Waals surface area contributed by atoms with E-state index < -0.39 is 17.5 Å². The molecule has 142 valence electrons. The molecule has 0 fully saturated rings. The Kier molecular flexibility index (Phi) is 5.64. The number of hydrogen-bond acceptors (Lipinski definition) is 3. The zero-order chi connectivity index (χ0) is 20.1. The van der Waals surface area contributed by atoms with Crippen LogP contribution in [0.5, 0.6) is 5.75 Å². The summed E-state index contributed by atoms with van der Waals surface area (Å²) in [5.74, 6) is -2.26. The highest BCUT2D eigenvalue weighted by molar-refractivity contribution is 6.06. The van der Waals surface area contributed by atoms with Crippen LogP contribution in [0.4, 0.5) is 20.2 Å². The molecule has 0 unspecified atom stereocenters. The predicted octanol–water partition coefficient (Wildman–Crippen LogP) is 4.48. The number of hydrogen-bond donors (Lipinski definition) is 2. The standard InChI is InChI=1S/C21H16F2N2O3/c1-28-19-5-3-2-4-18(19)25-20(26)13-6-9-15(10-7-13)24-21(27)16-11-8-14(22)12-17(16)23/h2-12H,1H3,(H,24,27)(H,25,26). The van der Waals surface area contributed by atoms with Gasteiger partial charge in [0.15, 0.2) is 0 Å². The number of methoxy groups -OCH3 is 1. The summed E-state index contributed by atoms with van der Waals surface area (Å²) < 4.78 is 31.8. The van der Waals surface area contributed by atoms with Crippen LogP contribution in [0, 0.1) is 11.6 Å². The van der Waals surface area contributed by atoms with Crippen molar-refractivity contribution < 1.29 is 23.1 Å². The molecule has 0 radical (unpaired) electrons. The lowest BCUT2D eigenvalue weighted by Crippen LogP contribution is -2.15. The minimum atomic E-state index is -0.953. The highest BCUT2D eigenvalue weighted by atomic mass is 19.1. The number of nitrogens with one attached hydrogen (secondary N) is 2. The van der Waals surface area contributed by atoms with Gasteiger partial charge in [0, 0.05) is 17.3 Å². The molecule has 0 saturated carbocycles. The molecular formula is C21H16F2N2O3. The van der Waals surface area contributed by atoms with E-state index in [9.17, 15) is 18.4 Å². The monoisotopic (exact) mass is 382 g/mol. The molecule has 7 heteroatoms. The summed E-state index contributed by atoms with van der Waals surface area (Å²) in [6, 6.07) is 15.8. The highest BCUT2D eigenvalue weighted by Gasteiger charge is 2.14. The molecule has 0 heterocycles. The van der Waals surface area contributed by atoms with Gasteiger partial charge >= 0.3 is 0 Å². The molecule has 3 aromatic rings. The fraction of sp³-hybridized carbons (Fsp3) is 0.0476. The maximum atomic E-state index is 13.7. The Balaban J connectivity index is 1.69. The van der Waals surface area contributed by atoms with E-state index in [1.807, 2.05) is 0 Å². The van der Waals surface area contributed by atoms with Gasteiger partial charge in [-0.3, -0.25) is 9.59 Å². The summed E-state index contributed by atoms with van der Waals surface area (Å²) in [6.07, 6.45) is 0. The minimum absolute atomic E-state index is 0.278. The lowest BCUT2D eigenvalue weighted by atomic mass is 10.1. The first kappa shape index (κ1) is 19.0. The van der Waals surface area contributed by atoms with Gasteiger partial charge in [-0.1, -0.05) is 12.1 Å². The Morgan fingerprint density at radius 3 is 2.25 bits per heavy atom. The fourth-order valence-electron chi connectivity index (χ4n) is 2.52. The fourth-order valence-corrected chi connectivity index (χ4v) is 2.52. The van der Waals surface area contributed by atoms with Crippen LogP contribution in [0.25, 0.3) is 0 Å². The molecule has 0 bridgehead atoms. The van der Waals surface area contributed by atoms with E-state index >= 15 is 0 Å². The number of ether oxygens (including phenoxy) is 1. The Hall–Kier alpha value is -3.74. The summed E-state index contributed by atoms with van der Waals surface area (Å²) in [7, 11) is 1.51. The Morgan fingerprint density at radius 1 is 0.857 bits per heavy atom. The molecule has 0 aliphatic rings. The number of carbonyl (C=O) groups is 2. The number of halogens is 2. The summed E-state index contributed by atoms with van der Waals surface area (Å²) in [5.41, 5.74) is 0.970. The quantitative estimate of drug-likeness (QED) is 0.684. The summed E-state index contributed by atoms with van der Waals surface area (Å²) in [6.45, 7) is 0. The first-order valence-corrected chi connectivity index (χ1v) is 8.29. The highest BCUT2D eigenvalue weighted by Crippen LogP contribution is 2.24. The van der Waals surface area contributed by atoms with Crippen molar-refractivity contribution in [2.45, 2.75) is 0 Å². The average Bonchev–Trinajstić information content (AvgIpc) is 2.68. The first-order valence-electron chi connectivity index (χ1n) is 8.29. The van der Waals surface area contributed by atoms with Crippen LogP contribution in [0.1, 0.15) is 20.7 Å². The van der Waals surface area contributed by atoms with E-state index in [0.717, 1.165) is 12.1 Å². The lowest BCUT2D eigenvalue weighted by molar-refractivity contribution is 0.101. The third-order valence-corrected chi connectivity index (χ3v) is 3.94. The van der Waals surface area contributed by atoms with E-state index in [2.05, 4.69) is 10.6 Å². The van der Waals surface area contributed by atoms with Crippen LogP contribution in [-0.2, 0) is 0 Å². The zero-order valence-electron chi connectivity index (χ0n) is 14.8. The van der Waals surface area contributed by atoms with E-state index in [4.69, 9.17) is 4.74 Å². The van der Waals surface area contributed by atoms with E-state index in [1.54, 1.807) is 24.3 Å². The third kappa shape index (κ3) is 4.32. The Bertz CT molecular complexity index is 1020. The Morgan fingerprint density at radius 2 is 1.57 bits per heavy atom. The smallest absolute Gasteiger partial charge is 0.258 e. The van der Waals surface area contributed by atoms with Gasteiger partial charge in [-0.15, -0.1) is 0 Å². The van der Waals surface area contributed by atoms with Gasteiger partial charge in [-0.25, -0.2) is 8.78 Å². The first-order chi connectivity index (χ1) is 13.5. The van der Waals surface area contributed by atoms with Crippen molar-refractivity contribution in [3.05, 3.63) is 89.5 Å². The summed E-state index contributed by atoms with van der Waals surface area (Å²) >= 11 is 0. The topological polar surface area (TPSA) is 67.4 Å². The zero-order valence-corrected chi connectivity index (χ0v) is 14.8. The summed E-state index contributed by atoms with van der Waals surface area (Å²) in [4.78, 5) is 24.5. The summed E-state index contributed by atoms with van der Waals surface area (Å²) in [5, 5.41) is 5.24. The van der Waals surface area contributed by atoms with Crippen LogP contribution in [0.3, 0.4) is 0 Å². The second-order valence-electron chi connectivity index (χ2n) is 5.81. The number of rotatable bonds is 5. The molecule has 0 spiro atoms.